The van der Waals surface area contributed by atoms with Crippen molar-refractivity contribution < 1.29 is 19.4 Å². The predicted octanol–water partition coefficient (Wildman–Crippen LogP) is 4.44. The molecule has 2 aromatic carbocycles. The van der Waals surface area contributed by atoms with Gasteiger partial charge in [0.2, 0.25) is 0 Å². The number of nitrogens with one attached hydrogen (secondary N) is 1. The second kappa shape index (κ2) is 6.69. The molecule has 0 fully saturated rings. The number of benzene rings is 2. The average Bonchev–Trinajstić information content (AvgIpc) is 2.97. The van der Waals surface area contributed by atoms with E-state index in [0.29, 0.717) is 22.1 Å². The molecule has 5 nitrogen and oxygen atoms in total. The van der Waals surface area contributed by atoms with Gasteiger partial charge in [-0.25, -0.2) is 0 Å². The molecule has 25 heavy (non-hydrogen) atoms. The Morgan fingerprint density at radius 1 is 1.16 bits per heavy atom. The van der Waals surface area contributed by atoms with Crippen LogP contribution in [0.1, 0.15) is 11.1 Å². The first-order valence-electron chi connectivity index (χ1n) is 7.70. The van der Waals surface area contributed by atoms with Gasteiger partial charge in [0.1, 0.15) is 0 Å². The number of carboxylic acid groups (broad SMARTS) is 1. The summed E-state index contributed by atoms with van der Waals surface area (Å²) in [4.78, 5) is 14.8. The lowest BCUT2D eigenvalue weighted by molar-refractivity contribution is -0.136. The largest absolute Gasteiger partial charge is 0.493 e. The van der Waals surface area contributed by atoms with Crippen molar-refractivity contribution in [1.82, 2.24) is 4.98 Å². The molecule has 0 bridgehead atoms. The van der Waals surface area contributed by atoms with Crippen LogP contribution in [0.15, 0.2) is 30.3 Å². The molecule has 0 unspecified atom stereocenters. The van der Waals surface area contributed by atoms with E-state index in [2.05, 4.69) is 4.98 Å². The molecule has 1 heterocycles. The van der Waals surface area contributed by atoms with Crippen molar-refractivity contribution in [3.05, 3.63) is 46.5 Å². The van der Waals surface area contributed by atoms with Crippen LogP contribution in [0.4, 0.5) is 0 Å². The Bertz CT molecular complexity index is 962. The van der Waals surface area contributed by atoms with Gasteiger partial charge in [-0.15, -0.1) is 0 Å². The first-order chi connectivity index (χ1) is 12.0. The maximum Gasteiger partial charge on any atom is 0.307 e. The molecule has 2 N–H and O–H groups in total. The minimum absolute atomic E-state index is 0.132. The number of ether oxygens (including phenoxy) is 2. The van der Waals surface area contributed by atoms with Gasteiger partial charge in [-0.1, -0.05) is 17.7 Å². The molecule has 0 aliphatic carbocycles. The number of H-pyrrole nitrogens is 1. The highest BCUT2D eigenvalue weighted by Gasteiger charge is 2.20. The number of hydrogen-bond acceptors (Lipinski definition) is 3. The van der Waals surface area contributed by atoms with Crippen LogP contribution in [-0.2, 0) is 11.2 Å². The quantitative estimate of drug-likeness (QED) is 0.706. The van der Waals surface area contributed by atoms with Crippen molar-refractivity contribution in [1.29, 1.82) is 0 Å². The fraction of sp³-hybridized carbons (Fsp3) is 0.211. The third-order valence-corrected chi connectivity index (χ3v) is 4.53. The van der Waals surface area contributed by atoms with E-state index < -0.39 is 5.97 Å². The van der Waals surface area contributed by atoms with Gasteiger partial charge in [-0.05, 0) is 42.3 Å². The predicted molar refractivity (Wildman–Crippen MR) is 97.9 cm³/mol. The Morgan fingerprint density at radius 3 is 2.52 bits per heavy atom. The van der Waals surface area contributed by atoms with Crippen molar-refractivity contribution >= 4 is 28.5 Å². The summed E-state index contributed by atoms with van der Waals surface area (Å²) < 4.78 is 10.6. The van der Waals surface area contributed by atoms with E-state index >= 15 is 0 Å². The molecule has 3 aromatic rings. The molecule has 0 aliphatic rings. The first kappa shape index (κ1) is 17.2. The van der Waals surface area contributed by atoms with Crippen LogP contribution >= 0.6 is 11.6 Å². The zero-order chi connectivity index (χ0) is 18.1. The minimum Gasteiger partial charge on any atom is -0.493 e. The number of aryl methyl sites for hydroxylation is 1. The van der Waals surface area contributed by atoms with Gasteiger partial charge < -0.3 is 19.6 Å². The van der Waals surface area contributed by atoms with Gasteiger partial charge in [0.05, 0.1) is 36.9 Å². The topological polar surface area (TPSA) is 71.6 Å². The summed E-state index contributed by atoms with van der Waals surface area (Å²) in [7, 11) is 3.13. The summed E-state index contributed by atoms with van der Waals surface area (Å²) in [6.07, 6.45) is -0.132. The van der Waals surface area contributed by atoms with E-state index in [0.717, 1.165) is 27.7 Å². The van der Waals surface area contributed by atoms with E-state index in [1.54, 1.807) is 26.4 Å². The Morgan fingerprint density at radius 2 is 1.88 bits per heavy atom. The zero-order valence-corrected chi connectivity index (χ0v) is 14.9. The number of rotatable bonds is 5. The molecule has 130 valence electrons. The Labute approximate surface area is 150 Å². The highest BCUT2D eigenvalue weighted by Crippen LogP contribution is 2.39. The van der Waals surface area contributed by atoms with Crippen molar-refractivity contribution in [2.75, 3.05) is 14.2 Å². The number of halogens is 1. The van der Waals surface area contributed by atoms with E-state index in [1.807, 2.05) is 25.1 Å². The van der Waals surface area contributed by atoms with Gasteiger partial charge in [0.25, 0.3) is 0 Å². The Kier molecular flexibility index (Phi) is 4.59. The summed E-state index contributed by atoms with van der Waals surface area (Å²) in [5.74, 6) is 0.263. The molecule has 0 amide bonds. The van der Waals surface area contributed by atoms with Gasteiger partial charge in [0, 0.05) is 10.9 Å². The molecule has 6 heteroatoms. The number of aromatic amines is 1. The highest BCUT2D eigenvalue weighted by atomic mass is 35.5. The van der Waals surface area contributed by atoms with E-state index in [9.17, 15) is 9.90 Å². The van der Waals surface area contributed by atoms with Gasteiger partial charge in [-0.3, -0.25) is 4.79 Å². The van der Waals surface area contributed by atoms with Crippen LogP contribution in [0.5, 0.6) is 11.5 Å². The second-order valence-electron chi connectivity index (χ2n) is 5.73. The molecular weight excluding hydrogens is 342 g/mol. The van der Waals surface area contributed by atoms with Gasteiger partial charge in [0.15, 0.2) is 11.5 Å². The van der Waals surface area contributed by atoms with E-state index in [-0.39, 0.29) is 6.42 Å². The molecule has 0 radical (unpaired) electrons. The maximum atomic E-state index is 11.4. The summed E-state index contributed by atoms with van der Waals surface area (Å²) in [5.41, 5.74) is 4.02. The minimum atomic E-state index is -0.916. The van der Waals surface area contributed by atoms with Crippen LogP contribution < -0.4 is 9.47 Å². The monoisotopic (exact) mass is 359 g/mol. The van der Waals surface area contributed by atoms with Crippen molar-refractivity contribution in [2.45, 2.75) is 13.3 Å². The second-order valence-corrected chi connectivity index (χ2v) is 6.14. The lowest BCUT2D eigenvalue weighted by atomic mass is 10.0. The summed E-state index contributed by atoms with van der Waals surface area (Å²) in [6, 6.07) is 9.17. The third-order valence-electron chi connectivity index (χ3n) is 4.22. The molecule has 0 atom stereocenters. The standard InChI is InChI=1S/C19H18ClNO4/c1-10-4-6-13(20)17-12(9-16(22)23)19(21-18(10)17)11-5-7-14(24-2)15(8-11)25-3/h4-8,21H,9H2,1-3H3,(H,22,23). The summed E-state index contributed by atoms with van der Waals surface area (Å²) >= 11 is 6.37. The van der Waals surface area contributed by atoms with Gasteiger partial charge in [-0.2, -0.15) is 0 Å². The Hall–Kier alpha value is -2.66. The molecule has 3 rings (SSSR count). The number of hydrogen-bond donors (Lipinski definition) is 2. The van der Waals surface area contributed by atoms with E-state index in [4.69, 9.17) is 21.1 Å². The average molecular weight is 360 g/mol. The number of methoxy groups -OCH3 is 2. The molecular formula is C19H18ClNO4. The van der Waals surface area contributed by atoms with Crippen LogP contribution in [0, 0.1) is 6.92 Å². The van der Waals surface area contributed by atoms with E-state index in [1.165, 1.54) is 0 Å². The van der Waals surface area contributed by atoms with Crippen molar-refractivity contribution in [3.8, 4) is 22.8 Å². The number of carbonyl (C=O) groups is 1. The van der Waals surface area contributed by atoms with Crippen molar-refractivity contribution in [3.63, 3.8) is 0 Å². The number of fused-ring (bicyclic) bond motifs is 1. The van der Waals surface area contributed by atoms with Crippen LogP contribution in [0.2, 0.25) is 5.02 Å². The molecule has 0 saturated carbocycles. The fourth-order valence-electron chi connectivity index (χ4n) is 3.03. The smallest absolute Gasteiger partial charge is 0.307 e. The third kappa shape index (κ3) is 3.03. The lowest BCUT2D eigenvalue weighted by Crippen LogP contribution is -2.01. The molecule has 0 aliphatic heterocycles. The SMILES string of the molecule is COc1ccc(-c2[nH]c3c(C)ccc(Cl)c3c2CC(=O)O)cc1OC. The van der Waals surface area contributed by atoms with Crippen LogP contribution in [0.3, 0.4) is 0 Å². The summed E-state index contributed by atoms with van der Waals surface area (Å²) in [5, 5.41) is 10.6. The Balaban J connectivity index is 2.30. The molecule has 0 spiro atoms. The van der Waals surface area contributed by atoms with Crippen LogP contribution in [-0.4, -0.2) is 30.3 Å². The number of aromatic nitrogens is 1. The fourth-order valence-corrected chi connectivity index (χ4v) is 3.30. The highest BCUT2D eigenvalue weighted by molar-refractivity contribution is 6.36. The molecule has 0 saturated heterocycles. The van der Waals surface area contributed by atoms with Crippen molar-refractivity contribution in [2.24, 2.45) is 0 Å². The van der Waals surface area contributed by atoms with Crippen LogP contribution in [0.25, 0.3) is 22.2 Å². The van der Waals surface area contributed by atoms with Gasteiger partial charge >= 0.3 is 5.97 Å². The summed E-state index contributed by atoms with van der Waals surface area (Å²) in [6.45, 7) is 1.96. The first-order valence-corrected chi connectivity index (χ1v) is 8.08. The number of aliphatic carboxylic acids is 1. The maximum absolute atomic E-state index is 11.4. The molecule has 1 aromatic heterocycles. The normalized spacial score (nSPS) is 10.9. The zero-order valence-electron chi connectivity index (χ0n) is 14.1. The number of carboxylic acids is 1. The lowest BCUT2D eigenvalue weighted by Gasteiger charge is -2.10.